The van der Waals surface area contributed by atoms with E-state index in [9.17, 15) is 0 Å². The lowest BCUT2D eigenvalue weighted by Gasteiger charge is -2.43. The van der Waals surface area contributed by atoms with Crippen LogP contribution in [-0.4, -0.2) is 14.4 Å². The van der Waals surface area contributed by atoms with Crippen LogP contribution < -0.4 is 0 Å². The second-order valence-electron chi connectivity index (χ2n) is 8.72. The van der Waals surface area contributed by atoms with Crippen LogP contribution in [0, 0.1) is 11.3 Å². The van der Waals surface area contributed by atoms with Crippen molar-refractivity contribution in [3.8, 4) is 0 Å². The highest BCUT2D eigenvalue weighted by Crippen LogP contribution is 2.42. The first-order valence-electron chi connectivity index (χ1n) is 7.61. The Morgan fingerprint density at radius 2 is 1.28 bits per heavy atom. The van der Waals surface area contributed by atoms with Crippen LogP contribution in [0.4, 0.5) is 0 Å². The number of hydrogen-bond donors (Lipinski definition) is 0. The van der Waals surface area contributed by atoms with E-state index >= 15 is 0 Å². The molecule has 0 spiro atoms. The maximum atomic E-state index is 6.54. The zero-order valence-electron chi connectivity index (χ0n) is 13.9. The molecule has 0 aromatic rings. The average molecular weight is 271 g/mol. The first-order valence-corrected chi connectivity index (χ1v) is 10.5. The molecule has 0 amide bonds. The lowest BCUT2D eigenvalue weighted by atomic mass is 9.72. The summed E-state index contributed by atoms with van der Waals surface area (Å²) in [7, 11) is -1.56. The zero-order valence-corrected chi connectivity index (χ0v) is 14.9. The van der Waals surface area contributed by atoms with Crippen molar-refractivity contribution in [1.82, 2.24) is 0 Å². The van der Waals surface area contributed by atoms with Gasteiger partial charge in [0.1, 0.15) is 0 Å². The minimum atomic E-state index is -1.56. The molecular formula is C16H34OSi. The lowest BCUT2D eigenvalue weighted by Crippen LogP contribution is -2.45. The van der Waals surface area contributed by atoms with Gasteiger partial charge in [0, 0.05) is 6.10 Å². The molecule has 0 aromatic carbocycles. The molecule has 0 aromatic heterocycles. The van der Waals surface area contributed by atoms with Crippen LogP contribution in [0.15, 0.2) is 0 Å². The van der Waals surface area contributed by atoms with Crippen molar-refractivity contribution < 1.29 is 4.43 Å². The molecule has 18 heavy (non-hydrogen) atoms. The molecule has 1 nitrogen and oxygen atoms in total. The molecular weight excluding hydrogens is 236 g/mol. The zero-order chi connectivity index (χ0) is 14.2. The van der Waals surface area contributed by atoms with Gasteiger partial charge in [0.2, 0.25) is 0 Å². The second-order valence-corrected chi connectivity index (χ2v) is 13.5. The molecule has 0 N–H and O–H groups in total. The monoisotopic (exact) mass is 270 g/mol. The summed E-state index contributed by atoms with van der Waals surface area (Å²) in [6, 6.07) is 0. The van der Waals surface area contributed by atoms with Crippen LogP contribution in [0.5, 0.6) is 0 Å². The standard InChI is InChI=1S/C16H34OSi/c1-15(2,3)13-9-11-14(12-10-13)17-18(7,8)16(4,5)6/h13-14H,9-12H2,1-8H3. The van der Waals surface area contributed by atoms with Crippen LogP contribution in [-0.2, 0) is 4.43 Å². The Morgan fingerprint density at radius 1 is 0.833 bits per heavy atom. The van der Waals surface area contributed by atoms with E-state index in [0.29, 0.717) is 16.6 Å². The Kier molecular flexibility index (Phi) is 4.76. The van der Waals surface area contributed by atoms with Gasteiger partial charge in [-0.25, -0.2) is 0 Å². The van der Waals surface area contributed by atoms with E-state index in [1.54, 1.807) is 0 Å². The van der Waals surface area contributed by atoms with Crippen molar-refractivity contribution in [3.05, 3.63) is 0 Å². The van der Waals surface area contributed by atoms with Gasteiger partial charge < -0.3 is 4.43 Å². The van der Waals surface area contributed by atoms with E-state index in [2.05, 4.69) is 54.6 Å². The van der Waals surface area contributed by atoms with E-state index in [4.69, 9.17) is 4.43 Å². The van der Waals surface area contributed by atoms with Crippen LogP contribution in [0.1, 0.15) is 67.2 Å². The summed E-state index contributed by atoms with van der Waals surface area (Å²) in [5, 5.41) is 0.341. The van der Waals surface area contributed by atoms with Crippen LogP contribution in [0.3, 0.4) is 0 Å². The van der Waals surface area contributed by atoms with Gasteiger partial charge in [0.25, 0.3) is 0 Å². The van der Waals surface area contributed by atoms with Crippen molar-refractivity contribution in [3.63, 3.8) is 0 Å². The van der Waals surface area contributed by atoms with E-state index in [1.165, 1.54) is 25.7 Å². The average Bonchev–Trinajstić information content (AvgIpc) is 2.14. The Balaban J connectivity index is 2.50. The number of rotatable bonds is 2. The maximum absolute atomic E-state index is 6.54. The van der Waals surface area contributed by atoms with E-state index in [1.807, 2.05) is 0 Å². The van der Waals surface area contributed by atoms with Crippen molar-refractivity contribution in [2.45, 2.75) is 91.5 Å². The molecule has 1 saturated carbocycles. The molecule has 0 aliphatic heterocycles. The molecule has 108 valence electrons. The summed E-state index contributed by atoms with van der Waals surface area (Å²) in [6.07, 6.45) is 5.78. The normalized spacial score (nSPS) is 27.3. The minimum absolute atomic E-state index is 0.341. The van der Waals surface area contributed by atoms with E-state index in [-0.39, 0.29) is 0 Å². The van der Waals surface area contributed by atoms with Gasteiger partial charge in [-0.3, -0.25) is 0 Å². The Bertz CT molecular complexity index is 262. The third kappa shape index (κ3) is 4.09. The molecule has 1 fully saturated rings. The summed E-state index contributed by atoms with van der Waals surface area (Å²) < 4.78 is 6.54. The smallest absolute Gasteiger partial charge is 0.192 e. The predicted octanol–water partition coefficient (Wildman–Crippen LogP) is 5.61. The van der Waals surface area contributed by atoms with Crippen LogP contribution >= 0.6 is 0 Å². The molecule has 0 atom stereocenters. The summed E-state index contributed by atoms with van der Waals surface area (Å²) in [5.41, 5.74) is 0.474. The fourth-order valence-electron chi connectivity index (χ4n) is 2.64. The highest BCUT2D eigenvalue weighted by molar-refractivity contribution is 6.74. The summed E-state index contributed by atoms with van der Waals surface area (Å²) >= 11 is 0. The molecule has 0 heterocycles. The van der Waals surface area contributed by atoms with Crippen molar-refractivity contribution in [2.24, 2.45) is 11.3 Å². The van der Waals surface area contributed by atoms with Gasteiger partial charge in [-0.05, 0) is 55.1 Å². The summed E-state index contributed by atoms with van der Waals surface area (Å²) in [5.74, 6) is 0.886. The van der Waals surface area contributed by atoms with Crippen molar-refractivity contribution in [2.75, 3.05) is 0 Å². The van der Waals surface area contributed by atoms with Gasteiger partial charge >= 0.3 is 0 Å². The van der Waals surface area contributed by atoms with Gasteiger partial charge in [-0.15, -0.1) is 0 Å². The first kappa shape index (κ1) is 16.2. The van der Waals surface area contributed by atoms with Gasteiger partial charge in [0.15, 0.2) is 8.32 Å². The third-order valence-electron chi connectivity index (χ3n) is 5.17. The Labute approximate surface area is 116 Å². The molecule has 2 heteroatoms. The third-order valence-corrected chi connectivity index (χ3v) is 9.70. The molecule has 0 bridgehead atoms. The Hall–Kier alpha value is 0.177. The van der Waals surface area contributed by atoms with Crippen LogP contribution in [0.2, 0.25) is 18.1 Å². The Morgan fingerprint density at radius 3 is 1.61 bits per heavy atom. The van der Waals surface area contributed by atoms with Crippen LogP contribution in [0.25, 0.3) is 0 Å². The fourth-order valence-corrected chi connectivity index (χ4v) is 4.06. The van der Waals surface area contributed by atoms with E-state index in [0.717, 1.165) is 5.92 Å². The SMILES string of the molecule is CC(C)(C)C1CCC(O[Si](C)(C)C(C)(C)C)CC1. The first-order chi connectivity index (χ1) is 7.93. The molecule has 0 saturated heterocycles. The second kappa shape index (κ2) is 5.28. The van der Waals surface area contributed by atoms with Gasteiger partial charge in [0.05, 0.1) is 0 Å². The quantitative estimate of drug-likeness (QED) is 0.592. The highest BCUT2D eigenvalue weighted by atomic mass is 28.4. The van der Waals surface area contributed by atoms with Crippen molar-refractivity contribution >= 4 is 8.32 Å². The van der Waals surface area contributed by atoms with Gasteiger partial charge in [-0.1, -0.05) is 41.5 Å². The predicted molar refractivity (Wildman–Crippen MR) is 83.5 cm³/mol. The lowest BCUT2D eigenvalue weighted by molar-refractivity contribution is 0.0790. The molecule has 0 radical (unpaired) electrons. The molecule has 1 rings (SSSR count). The number of hydrogen-bond acceptors (Lipinski definition) is 1. The maximum Gasteiger partial charge on any atom is 0.192 e. The summed E-state index contributed by atoms with van der Waals surface area (Å²) in [6.45, 7) is 18.9. The molecule has 0 unspecified atom stereocenters. The highest BCUT2D eigenvalue weighted by Gasteiger charge is 2.40. The van der Waals surface area contributed by atoms with E-state index < -0.39 is 8.32 Å². The minimum Gasteiger partial charge on any atom is -0.414 e. The topological polar surface area (TPSA) is 9.23 Å². The van der Waals surface area contributed by atoms with Crippen molar-refractivity contribution in [1.29, 1.82) is 0 Å². The summed E-state index contributed by atoms with van der Waals surface area (Å²) in [4.78, 5) is 0. The fraction of sp³-hybridized carbons (Fsp3) is 1.00. The molecule has 1 aliphatic carbocycles. The molecule has 1 aliphatic rings. The van der Waals surface area contributed by atoms with Gasteiger partial charge in [-0.2, -0.15) is 0 Å². The largest absolute Gasteiger partial charge is 0.414 e.